The Morgan fingerprint density at radius 2 is 1.81 bits per heavy atom. The highest BCUT2D eigenvalue weighted by Crippen LogP contribution is 2.37. The number of hydrogen-bond donors (Lipinski definition) is 1. The maximum atomic E-state index is 12.3. The van der Waals surface area contributed by atoms with Crippen LogP contribution in [0.25, 0.3) is 0 Å². The van der Waals surface area contributed by atoms with Crippen LogP contribution in [0.15, 0.2) is 29.2 Å². The zero-order valence-corrected chi connectivity index (χ0v) is 12.5. The van der Waals surface area contributed by atoms with Gasteiger partial charge in [0, 0.05) is 29.2 Å². The van der Waals surface area contributed by atoms with Crippen molar-refractivity contribution in [2.75, 3.05) is 18.4 Å². The van der Waals surface area contributed by atoms with Crippen molar-refractivity contribution in [2.45, 2.75) is 48.2 Å². The van der Waals surface area contributed by atoms with Crippen LogP contribution in [0.3, 0.4) is 0 Å². The summed E-state index contributed by atoms with van der Waals surface area (Å²) < 4.78 is 36.9. The number of rotatable bonds is 3. The van der Waals surface area contributed by atoms with E-state index in [4.69, 9.17) is 0 Å². The molecule has 0 bridgehead atoms. The van der Waals surface area contributed by atoms with Gasteiger partial charge in [-0.1, -0.05) is 6.42 Å². The second kappa shape index (κ2) is 6.08. The largest absolute Gasteiger partial charge is 0.446 e. The molecule has 0 radical (unpaired) electrons. The molecule has 1 aromatic rings. The van der Waals surface area contributed by atoms with Gasteiger partial charge in [0.25, 0.3) is 0 Å². The van der Waals surface area contributed by atoms with E-state index >= 15 is 0 Å². The minimum Gasteiger partial charge on any atom is -0.381 e. The van der Waals surface area contributed by atoms with E-state index in [1.165, 1.54) is 37.9 Å². The molecular weight excluding hydrogens is 297 g/mol. The highest BCUT2D eigenvalue weighted by atomic mass is 32.2. The van der Waals surface area contributed by atoms with Gasteiger partial charge in [0.05, 0.1) is 0 Å². The summed E-state index contributed by atoms with van der Waals surface area (Å²) in [5.41, 5.74) is -3.30. The van der Waals surface area contributed by atoms with Crippen LogP contribution in [0.4, 0.5) is 18.9 Å². The second-order valence-corrected chi connectivity index (χ2v) is 6.85. The number of benzene rings is 1. The van der Waals surface area contributed by atoms with E-state index < -0.39 is 5.51 Å². The van der Waals surface area contributed by atoms with Crippen LogP contribution in [0.2, 0.25) is 0 Å². The number of hydrogen-bond acceptors (Lipinski definition) is 3. The van der Waals surface area contributed by atoms with Crippen LogP contribution in [-0.4, -0.2) is 35.6 Å². The molecule has 1 aromatic carbocycles. The molecule has 2 heterocycles. The highest BCUT2D eigenvalue weighted by molar-refractivity contribution is 8.00. The fraction of sp³-hybridized carbons (Fsp3) is 0.600. The number of thioether (sulfide) groups is 1. The molecule has 116 valence electrons. The number of alkyl halides is 3. The van der Waals surface area contributed by atoms with Gasteiger partial charge < -0.3 is 5.32 Å². The fourth-order valence-corrected chi connectivity index (χ4v) is 3.92. The van der Waals surface area contributed by atoms with Crippen molar-refractivity contribution in [1.29, 1.82) is 0 Å². The molecular formula is C15H19F3N2S. The summed E-state index contributed by atoms with van der Waals surface area (Å²) in [4.78, 5) is 2.77. The van der Waals surface area contributed by atoms with Gasteiger partial charge >= 0.3 is 5.51 Å². The molecule has 2 aliphatic heterocycles. The summed E-state index contributed by atoms with van der Waals surface area (Å²) in [5, 5.41) is 3.50. The van der Waals surface area contributed by atoms with E-state index in [1.54, 1.807) is 12.1 Å². The molecule has 0 saturated carbocycles. The van der Waals surface area contributed by atoms with Gasteiger partial charge in [-0.3, -0.25) is 4.90 Å². The fourth-order valence-electron chi connectivity index (χ4n) is 3.38. The second-order valence-electron chi connectivity index (χ2n) is 5.71. The van der Waals surface area contributed by atoms with Gasteiger partial charge in [0.15, 0.2) is 0 Å². The molecule has 0 spiro atoms. The molecule has 21 heavy (non-hydrogen) atoms. The molecule has 3 rings (SSSR count). The van der Waals surface area contributed by atoms with Gasteiger partial charge in [0.2, 0.25) is 0 Å². The van der Waals surface area contributed by atoms with Crippen LogP contribution < -0.4 is 5.32 Å². The van der Waals surface area contributed by atoms with Crippen molar-refractivity contribution in [2.24, 2.45) is 0 Å². The van der Waals surface area contributed by atoms with Crippen molar-refractivity contribution in [3.05, 3.63) is 24.3 Å². The van der Waals surface area contributed by atoms with E-state index in [0.29, 0.717) is 12.1 Å². The number of halogens is 3. The lowest BCUT2D eigenvalue weighted by atomic mass is 9.99. The Balaban J connectivity index is 1.60. The van der Waals surface area contributed by atoms with E-state index in [1.807, 2.05) is 0 Å². The first-order valence-electron chi connectivity index (χ1n) is 7.38. The summed E-state index contributed by atoms with van der Waals surface area (Å²) in [5.74, 6) is 0. The number of fused-ring (bicyclic) bond motifs is 1. The molecule has 0 amide bonds. The number of nitrogens with one attached hydrogen (secondary N) is 1. The molecule has 1 N–H and O–H groups in total. The Labute approximate surface area is 127 Å². The first-order valence-corrected chi connectivity index (χ1v) is 8.19. The lowest BCUT2D eigenvalue weighted by Crippen LogP contribution is -2.41. The van der Waals surface area contributed by atoms with Crippen LogP contribution in [0, 0.1) is 0 Å². The minimum atomic E-state index is -4.22. The summed E-state index contributed by atoms with van der Waals surface area (Å²) in [6, 6.07) is 7.58. The molecule has 2 nitrogen and oxygen atoms in total. The lowest BCUT2D eigenvalue weighted by Gasteiger charge is -2.33. The highest BCUT2D eigenvalue weighted by Gasteiger charge is 2.35. The van der Waals surface area contributed by atoms with Crippen molar-refractivity contribution in [1.82, 2.24) is 4.90 Å². The smallest absolute Gasteiger partial charge is 0.381 e. The zero-order valence-electron chi connectivity index (χ0n) is 11.7. The Hall–Kier alpha value is -0.880. The summed E-state index contributed by atoms with van der Waals surface area (Å²) in [6.07, 6.45) is 4.90. The van der Waals surface area contributed by atoms with Crippen molar-refractivity contribution < 1.29 is 13.2 Å². The minimum absolute atomic E-state index is 0.0656. The average molecular weight is 316 g/mol. The zero-order chi connectivity index (χ0) is 14.9. The predicted molar refractivity (Wildman–Crippen MR) is 79.6 cm³/mol. The van der Waals surface area contributed by atoms with E-state index in [-0.39, 0.29) is 16.7 Å². The molecule has 2 aliphatic rings. The maximum absolute atomic E-state index is 12.3. The quantitative estimate of drug-likeness (QED) is 0.835. The summed E-state index contributed by atoms with van der Waals surface area (Å²) in [6.45, 7) is 2.31. The number of piperidine rings is 1. The van der Waals surface area contributed by atoms with Crippen LogP contribution in [0.1, 0.15) is 25.7 Å². The Morgan fingerprint density at radius 1 is 1.05 bits per heavy atom. The summed E-state index contributed by atoms with van der Waals surface area (Å²) >= 11 is -0.0656. The third-order valence-corrected chi connectivity index (χ3v) is 5.04. The SMILES string of the molecule is FC(F)(F)Sc1ccc(NC2CCN3CCCCC23)cc1. The third kappa shape index (κ3) is 3.86. The monoisotopic (exact) mass is 316 g/mol. The van der Waals surface area contributed by atoms with Crippen molar-refractivity contribution >= 4 is 17.4 Å². The molecule has 0 aromatic heterocycles. The van der Waals surface area contributed by atoms with Gasteiger partial charge in [-0.25, -0.2) is 0 Å². The van der Waals surface area contributed by atoms with E-state index in [9.17, 15) is 13.2 Å². The standard InChI is InChI=1S/C15H19F3N2S/c16-15(17,18)21-12-6-4-11(5-7-12)19-13-8-10-20-9-2-1-3-14(13)20/h4-7,13-14,19H,1-3,8-10H2. The molecule has 6 heteroatoms. The number of nitrogens with zero attached hydrogens (tertiary/aromatic N) is 1. The average Bonchev–Trinajstić information content (AvgIpc) is 2.83. The van der Waals surface area contributed by atoms with Gasteiger partial charge in [-0.2, -0.15) is 13.2 Å². The van der Waals surface area contributed by atoms with Gasteiger partial charge in [0.1, 0.15) is 0 Å². The maximum Gasteiger partial charge on any atom is 0.446 e. The van der Waals surface area contributed by atoms with Gasteiger partial charge in [-0.05, 0) is 61.8 Å². The Kier molecular flexibility index (Phi) is 4.36. The first-order chi connectivity index (χ1) is 10.0. The molecule has 2 saturated heterocycles. The molecule has 2 fully saturated rings. The van der Waals surface area contributed by atoms with Crippen molar-refractivity contribution in [3.8, 4) is 0 Å². The first kappa shape index (κ1) is 15.0. The normalized spacial score (nSPS) is 26.6. The summed E-state index contributed by atoms with van der Waals surface area (Å²) in [7, 11) is 0. The van der Waals surface area contributed by atoms with E-state index in [0.717, 1.165) is 18.7 Å². The predicted octanol–water partition coefficient (Wildman–Crippen LogP) is 4.34. The van der Waals surface area contributed by atoms with Crippen LogP contribution in [-0.2, 0) is 0 Å². The Morgan fingerprint density at radius 3 is 2.52 bits per heavy atom. The molecule has 2 unspecified atom stereocenters. The number of anilines is 1. The molecule has 2 atom stereocenters. The van der Waals surface area contributed by atoms with E-state index in [2.05, 4.69) is 10.2 Å². The van der Waals surface area contributed by atoms with Crippen LogP contribution >= 0.6 is 11.8 Å². The third-order valence-electron chi connectivity index (χ3n) is 4.30. The Bertz CT molecular complexity index is 475. The topological polar surface area (TPSA) is 15.3 Å². The molecule has 0 aliphatic carbocycles. The van der Waals surface area contributed by atoms with Crippen molar-refractivity contribution in [3.63, 3.8) is 0 Å². The lowest BCUT2D eigenvalue weighted by molar-refractivity contribution is -0.0328. The van der Waals surface area contributed by atoms with Gasteiger partial charge in [-0.15, -0.1) is 0 Å². The van der Waals surface area contributed by atoms with Crippen LogP contribution in [0.5, 0.6) is 0 Å².